The third kappa shape index (κ3) is 21.2. The molecule has 0 aromatic heterocycles. The Hall–Kier alpha value is -4.68. The monoisotopic (exact) mass is 987 g/mol. The van der Waals surface area contributed by atoms with Crippen molar-refractivity contribution in [2.24, 2.45) is 5.92 Å². The van der Waals surface area contributed by atoms with Crippen molar-refractivity contribution in [3.8, 4) is 0 Å². The molecule has 402 valence electrons. The zero-order valence-corrected chi connectivity index (χ0v) is 50.0. The Morgan fingerprint density at radius 3 is 1.52 bits per heavy atom. The maximum atomic E-state index is 2.48. The van der Waals surface area contributed by atoms with E-state index in [1.54, 1.807) is 0 Å². The number of aryl methyl sites for hydroxylation is 4. The van der Waals surface area contributed by atoms with Crippen LogP contribution in [0.15, 0.2) is 163 Å². The normalized spacial score (nSPS) is 16.5. The van der Waals surface area contributed by atoms with E-state index in [0.717, 1.165) is 18.8 Å². The standard InChI is InChI=1S/C30H38.C26H28.C6H14.C5H12.3C2H6/c1-4-7-8-14-26(13-5-2)15-11-23-30(28-21-19-25(6-3)20-22-28)24-12-17-27-16-9-10-18-29(27)30;1-2-3-10-21-16-18-24(19-17-21)26(23-13-5-4-6-14-23)20-9-12-22-11-7-8-15-25(22)26;1-4-6(3)5-2;1-3-5-4-2;3*1-2/h5,9-11,13,15-16,18-23H,4,6-8,12,14,17,24H2,1-3H3;4-8,11,13-19H,2-3,9-10,12,20H2,1H3;6H,4-5H2,1-3H3;3-5H2,1-2H3;3*1-2H3/b13-5-,23-11?,26-15+;;;;;;. The van der Waals surface area contributed by atoms with Gasteiger partial charge in [0.15, 0.2) is 0 Å². The highest BCUT2D eigenvalue weighted by atomic mass is 14.4. The summed E-state index contributed by atoms with van der Waals surface area (Å²) in [5, 5.41) is 0. The molecule has 0 aliphatic heterocycles. The van der Waals surface area contributed by atoms with Gasteiger partial charge in [0.1, 0.15) is 0 Å². The first kappa shape index (κ1) is 66.3. The van der Waals surface area contributed by atoms with Gasteiger partial charge in [-0.05, 0) is 139 Å². The van der Waals surface area contributed by atoms with E-state index in [-0.39, 0.29) is 10.8 Å². The lowest BCUT2D eigenvalue weighted by molar-refractivity contribution is 0.497. The molecule has 0 spiro atoms. The van der Waals surface area contributed by atoms with Gasteiger partial charge in [-0.2, -0.15) is 0 Å². The summed E-state index contributed by atoms with van der Waals surface area (Å²) < 4.78 is 0. The van der Waals surface area contributed by atoms with Crippen LogP contribution in [0.2, 0.25) is 0 Å². The van der Waals surface area contributed by atoms with Gasteiger partial charge >= 0.3 is 0 Å². The molecule has 0 nitrogen and oxygen atoms in total. The van der Waals surface area contributed by atoms with Gasteiger partial charge in [0.05, 0.1) is 0 Å². The first-order chi connectivity index (χ1) is 35.8. The van der Waals surface area contributed by atoms with Crippen molar-refractivity contribution in [2.75, 3.05) is 0 Å². The van der Waals surface area contributed by atoms with Crippen molar-refractivity contribution < 1.29 is 0 Å². The summed E-state index contributed by atoms with van der Waals surface area (Å²) in [4.78, 5) is 0. The second-order valence-electron chi connectivity index (χ2n) is 19.4. The van der Waals surface area contributed by atoms with Crippen molar-refractivity contribution in [3.05, 3.63) is 213 Å². The quantitative estimate of drug-likeness (QED) is 0.0606. The predicted molar refractivity (Wildman–Crippen MR) is 332 cm³/mol. The topological polar surface area (TPSA) is 0 Å². The molecule has 2 aliphatic rings. The van der Waals surface area contributed by atoms with E-state index in [0.29, 0.717) is 0 Å². The molecule has 0 saturated carbocycles. The SMILES string of the molecule is C/C=C\C(=C/C=CC1(c2ccc(CC)cc2)CCCc2ccccc21)CCCCC.CC.CC.CC.CCC(C)CC.CCCCC.CCCCc1ccc(C2(c3ccccc3)CCCc3ccccc32)cc1. The molecule has 0 radical (unpaired) electrons. The predicted octanol–water partition coefficient (Wildman–Crippen LogP) is 22.9. The minimum atomic E-state index is -0.0257. The molecule has 0 bridgehead atoms. The molecule has 0 amide bonds. The zero-order chi connectivity index (χ0) is 54.2. The smallest absolute Gasteiger partial charge is 0.0454 e. The Morgan fingerprint density at radius 2 is 1.00 bits per heavy atom. The molecule has 0 heteroatoms. The molecule has 0 heterocycles. The number of hydrogen-bond donors (Lipinski definition) is 0. The van der Waals surface area contributed by atoms with Crippen LogP contribution in [0.4, 0.5) is 0 Å². The average Bonchev–Trinajstić information content (AvgIpc) is 3.47. The number of benzene rings is 5. The molecule has 0 fully saturated rings. The van der Waals surface area contributed by atoms with Gasteiger partial charge in [0.2, 0.25) is 0 Å². The fourth-order valence-corrected chi connectivity index (χ4v) is 10.1. The summed E-state index contributed by atoms with van der Waals surface area (Å²) in [7, 11) is 0. The minimum absolute atomic E-state index is 0.0145. The summed E-state index contributed by atoms with van der Waals surface area (Å²) in [6, 6.07) is 48.1. The fourth-order valence-electron chi connectivity index (χ4n) is 10.1. The summed E-state index contributed by atoms with van der Waals surface area (Å²) in [5.41, 5.74) is 14.6. The van der Waals surface area contributed by atoms with Gasteiger partial charge in [-0.25, -0.2) is 0 Å². The lowest BCUT2D eigenvalue weighted by atomic mass is 9.62. The molecule has 7 rings (SSSR count). The number of allylic oxidation sites excluding steroid dienone is 6. The molecule has 0 N–H and O–H groups in total. The third-order valence-electron chi connectivity index (χ3n) is 14.6. The Bertz CT molecular complexity index is 2160. The lowest BCUT2D eigenvalue weighted by Gasteiger charge is -2.40. The van der Waals surface area contributed by atoms with Gasteiger partial charge in [0.25, 0.3) is 0 Å². The molecular formula is C73H110. The highest BCUT2D eigenvalue weighted by Gasteiger charge is 2.40. The van der Waals surface area contributed by atoms with Gasteiger partial charge < -0.3 is 0 Å². The fraction of sp³-hybridized carbons (Fsp3) is 0.507. The first-order valence-electron chi connectivity index (χ1n) is 30.2. The summed E-state index contributed by atoms with van der Waals surface area (Å²) in [5.74, 6) is 0.935. The summed E-state index contributed by atoms with van der Waals surface area (Å²) in [6.45, 7) is 32.0. The van der Waals surface area contributed by atoms with Crippen LogP contribution in [0.1, 0.15) is 250 Å². The van der Waals surface area contributed by atoms with E-state index in [2.05, 4.69) is 220 Å². The molecule has 5 aromatic rings. The van der Waals surface area contributed by atoms with Crippen LogP contribution in [0.25, 0.3) is 0 Å². The van der Waals surface area contributed by atoms with Crippen molar-refractivity contribution in [3.63, 3.8) is 0 Å². The average molecular weight is 988 g/mol. The Labute approximate surface area is 453 Å². The molecule has 2 atom stereocenters. The van der Waals surface area contributed by atoms with Crippen LogP contribution in [0.5, 0.6) is 0 Å². The van der Waals surface area contributed by atoms with Crippen LogP contribution in [0.3, 0.4) is 0 Å². The van der Waals surface area contributed by atoms with Crippen molar-refractivity contribution in [1.82, 2.24) is 0 Å². The Balaban J connectivity index is 0.000000561. The van der Waals surface area contributed by atoms with Gasteiger partial charge in [-0.1, -0.05) is 306 Å². The van der Waals surface area contributed by atoms with Crippen LogP contribution in [-0.2, 0) is 36.5 Å². The number of rotatable bonds is 18. The highest BCUT2D eigenvalue weighted by molar-refractivity contribution is 5.55. The Morgan fingerprint density at radius 1 is 0.507 bits per heavy atom. The molecule has 0 saturated heterocycles. The van der Waals surface area contributed by atoms with E-state index in [1.807, 2.05) is 41.5 Å². The zero-order valence-electron chi connectivity index (χ0n) is 50.0. The van der Waals surface area contributed by atoms with Crippen molar-refractivity contribution >= 4 is 0 Å². The number of hydrogen-bond acceptors (Lipinski definition) is 0. The highest BCUT2D eigenvalue weighted by Crippen LogP contribution is 2.48. The summed E-state index contributed by atoms with van der Waals surface area (Å²) in [6.07, 6.45) is 35.4. The van der Waals surface area contributed by atoms with Crippen molar-refractivity contribution in [2.45, 2.75) is 237 Å². The number of fused-ring (bicyclic) bond motifs is 2. The maximum absolute atomic E-state index is 2.48. The second kappa shape index (κ2) is 40.7. The van der Waals surface area contributed by atoms with Crippen molar-refractivity contribution in [1.29, 1.82) is 0 Å². The summed E-state index contributed by atoms with van der Waals surface area (Å²) >= 11 is 0. The maximum Gasteiger partial charge on any atom is 0.0454 e. The minimum Gasteiger partial charge on any atom is -0.0874 e. The molecule has 2 unspecified atom stereocenters. The number of unbranched alkanes of at least 4 members (excludes halogenated alkanes) is 5. The van der Waals surface area contributed by atoms with Crippen LogP contribution < -0.4 is 0 Å². The van der Waals surface area contributed by atoms with E-state index in [9.17, 15) is 0 Å². The van der Waals surface area contributed by atoms with Crippen LogP contribution in [-0.4, -0.2) is 0 Å². The van der Waals surface area contributed by atoms with E-state index >= 15 is 0 Å². The van der Waals surface area contributed by atoms with Gasteiger partial charge in [-0.3, -0.25) is 0 Å². The second-order valence-corrected chi connectivity index (χ2v) is 19.4. The van der Waals surface area contributed by atoms with E-state index in [1.165, 1.54) is 165 Å². The van der Waals surface area contributed by atoms with E-state index < -0.39 is 0 Å². The van der Waals surface area contributed by atoms with Gasteiger partial charge in [-0.15, -0.1) is 0 Å². The molecule has 5 aromatic carbocycles. The van der Waals surface area contributed by atoms with Gasteiger partial charge in [0, 0.05) is 10.8 Å². The van der Waals surface area contributed by atoms with Crippen LogP contribution >= 0.6 is 0 Å². The molecule has 2 aliphatic carbocycles. The largest absolute Gasteiger partial charge is 0.0874 e. The van der Waals surface area contributed by atoms with E-state index in [4.69, 9.17) is 0 Å². The lowest BCUT2D eigenvalue weighted by Crippen LogP contribution is -2.33. The Kier molecular flexibility index (Phi) is 37.0. The third-order valence-corrected chi connectivity index (χ3v) is 14.6. The van der Waals surface area contributed by atoms with Crippen LogP contribution in [0, 0.1) is 5.92 Å². The molecular weight excluding hydrogens is 877 g/mol. The molecule has 73 heavy (non-hydrogen) atoms. The first-order valence-corrected chi connectivity index (χ1v) is 30.2.